The van der Waals surface area contributed by atoms with E-state index < -0.39 is 0 Å². The Labute approximate surface area is 103 Å². The quantitative estimate of drug-likeness (QED) is 0.704. The Morgan fingerprint density at radius 1 is 1.41 bits per heavy atom. The van der Waals surface area contributed by atoms with E-state index in [0.29, 0.717) is 12.5 Å². The van der Waals surface area contributed by atoms with Crippen LogP contribution in [0.3, 0.4) is 0 Å². The van der Waals surface area contributed by atoms with Crippen molar-refractivity contribution in [2.75, 3.05) is 6.61 Å². The van der Waals surface area contributed by atoms with Gasteiger partial charge in [0.1, 0.15) is 6.10 Å². The lowest BCUT2D eigenvalue weighted by molar-refractivity contribution is 0.0374. The average molecular weight is 232 g/mol. The number of carbonyl (C=O) groups is 1. The second-order valence-corrected chi connectivity index (χ2v) is 4.63. The summed E-state index contributed by atoms with van der Waals surface area (Å²) >= 11 is 0. The van der Waals surface area contributed by atoms with Gasteiger partial charge in [-0.3, -0.25) is 4.79 Å². The van der Waals surface area contributed by atoms with E-state index >= 15 is 0 Å². The van der Waals surface area contributed by atoms with Gasteiger partial charge in [-0.2, -0.15) is 0 Å². The SMILES string of the molecule is CCOC(C(=O)c1cccc(CC)c1)C1CC1. The summed E-state index contributed by atoms with van der Waals surface area (Å²) in [5, 5.41) is 0. The first-order chi connectivity index (χ1) is 8.26. The first-order valence-corrected chi connectivity index (χ1v) is 6.51. The zero-order valence-corrected chi connectivity index (χ0v) is 10.6. The molecule has 1 atom stereocenters. The maximum Gasteiger partial charge on any atom is 0.191 e. The van der Waals surface area contributed by atoms with Crippen LogP contribution in [0.5, 0.6) is 0 Å². The van der Waals surface area contributed by atoms with E-state index in [-0.39, 0.29) is 11.9 Å². The van der Waals surface area contributed by atoms with Crippen molar-refractivity contribution in [3.8, 4) is 0 Å². The van der Waals surface area contributed by atoms with Gasteiger partial charge in [0.15, 0.2) is 5.78 Å². The molecule has 0 aromatic heterocycles. The molecule has 1 aliphatic carbocycles. The smallest absolute Gasteiger partial charge is 0.191 e. The van der Waals surface area contributed by atoms with Crippen molar-refractivity contribution in [1.29, 1.82) is 0 Å². The second kappa shape index (κ2) is 5.46. The standard InChI is InChI=1S/C15H20O2/c1-3-11-6-5-7-13(10-11)14(16)15(17-4-2)12-8-9-12/h5-7,10,12,15H,3-4,8-9H2,1-2H3. The third-order valence-electron chi connectivity index (χ3n) is 3.27. The molecule has 2 rings (SSSR count). The van der Waals surface area contributed by atoms with Crippen LogP contribution in [0.15, 0.2) is 24.3 Å². The van der Waals surface area contributed by atoms with Gasteiger partial charge in [-0.05, 0) is 43.7 Å². The summed E-state index contributed by atoms with van der Waals surface area (Å²) in [5.74, 6) is 0.609. The van der Waals surface area contributed by atoms with Gasteiger partial charge >= 0.3 is 0 Å². The number of rotatable bonds is 6. The number of aryl methyl sites for hydroxylation is 1. The largest absolute Gasteiger partial charge is 0.370 e. The molecule has 1 unspecified atom stereocenters. The van der Waals surface area contributed by atoms with E-state index in [1.807, 2.05) is 25.1 Å². The highest BCUT2D eigenvalue weighted by Crippen LogP contribution is 2.35. The minimum atomic E-state index is -0.216. The molecule has 2 heteroatoms. The van der Waals surface area contributed by atoms with E-state index in [9.17, 15) is 4.79 Å². The number of hydrogen-bond donors (Lipinski definition) is 0. The molecule has 92 valence electrons. The molecule has 17 heavy (non-hydrogen) atoms. The Morgan fingerprint density at radius 3 is 2.76 bits per heavy atom. The normalized spacial score (nSPS) is 16.8. The van der Waals surface area contributed by atoms with E-state index in [4.69, 9.17) is 4.74 Å². The molecular formula is C15H20O2. The van der Waals surface area contributed by atoms with Gasteiger partial charge in [-0.15, -0.1) is 0 Å². The fourth-order valence-electron chi connectivity index (χ4n) is 2.11. The Kier molecular flexibility index (Phi) is 3.95. The predicted molar refractivity (Wildman–Crippen MR) is 68.3 cm³/mol. The van der Waals surface area contributed by atoms with Crippen molar-refractivity contribution in [2.45, 2.75) is 39.2 Å². The summed E-state index contributed by atoms with van der Waals surface area (Å²) < 4.78 is 5.61. The lowest BCUT2D eigenvalue weighted by Gasteiger charge is -2.15. The fraction of sp³-hybridized carbons (Fsp3) is 0.533. The molecule has 0 bridgehead atoms. The summed E-state index contributed by atoms with van der Waals surface area (Å²) in [6.45, 7) is 4.66. The van der Waals surface area contributed by atoms with E-state index in [2.05, 4.69) is 13.0 Å². The van der Waals surface area contributed by atoms with Crippen LogP contribution in [0.2, 0.25) is 0 Å². The first-order valence-electron chi connectivity index (χ1n) is 6.51. The number of ketones is 1. The Hall–Kier alpha value is -1.15. The van der Waals surface area contributed by atoms with Gasteiger partial charge in [0.25, 0.3) is 0 Å². The van der Waals surface area contributed by atoms with Crippen LogP contribution in [-0.4, -0.2) is 18.5 Å². The Morgan fingerprint density at radius 2 is 2.18 bits per heavy atom. The highest BCUT2D eigenvalue weighted by Gasteiger charge is 2.37. The first kappa shape index (κ1) is 12.3. The van der Waals surface area contributed by atoms with Crippen molar-refractivity contribution >= 4 is 5.78 Å². The Balaban J connectivity index is 2.15. The van der Waals surface area contributed by atoms with Crippen LogP contribution >= 0.6 is 0 Å². The summed E-state index contributed by atoms with van der Waals surface area (Å²) in [7, 11) is 0. The van der Waals surface area contributed by atoms with Crippen molar-refractivity contribution in [2.24, 2.45) is 5.92 Å². The van der Waals surface area contributed by atoms with E-state index in [1.165, 1.54) is 5.56 Å². The summed E-state index contributed by atoms with van der Waals surface area (Å²) in [4.78, 5) is 12.4. The predicted octanol–water partition coefficient (Wildman–Crippen LogP) is 3.25. The molecule has 0 spiro atoms. The minimum Gasteiger partial charge on any atom is -0.370 e. The van der Waals surface area contributed by atoms with Crippen LogP contribution in [-0.2, 0) is 11.2 Å². The fourth-order valence-corrected chi connectivity index (χ4v) is 2.11. The molecule has 1 aliphatic rings. The van der Waals surface area contributed by atoms with Crippen molar-refractivity contribution < 1.29 is 9.53 Å². The number of ether oxygens (including phenoxy) is 1. The monoisotopic (exact) mass is 232 g/mol. The van der Waals surface area contributed by atoms with Gasteiger partial charge in [-0.25, -0.2) is 0 Å². The molecule has 0 saturated heterocycles. The van der Waals surface area contributed by atoms with Gasteiger partial charge < -0.3 is 4.74 Å². The van der Waals surface area contributed by atoms with Crippen molar-refractivity contribution in [3.05, 3.63) is 35.4 Å². The minimum absolute atomic E-state index is 0.157. The van der Waals surface area contributed by atoms with E-state index in [0.717, 1.165) is 24.8 Å². The molecule has 0 radical (unpaired) electrons. The zero-order valence-electron chi connectivity index (χ0n) is 10.6. The van der Waals surface area contributed by atoms with E-state index in [1.54, 1.807) is 0 Å². The molecule has 0 N–H and O–H groups in total. The summed E-state index contributed by atoms with van der Waals surface area (Å²) in [6, 6.07) is 7.91. The molecule has 1 saturated carbocycles. The summed E-state index contributed by atoms with van der Waals surface area (Å²) in [5.41, 5.74) is 2.01. The van der Waals surface area contributed by atoms with Crippen LogP contribution in [0.1, 0.15) is 42.6 Å². The molecule has 1 aromatic rings. The third-order valence-corrected chi connectivity index (χ3v) is 3.27. The van der Waals surface area contributed by atoms with Gasteiger partial charge in [-0.1, -0.05) is 25.1 Å². The maximum absolute atomic E-state index is 12.4. The average Bonchev–Trinajstić information content (AvgIpc) is 3.19. The number of Topliss-reactive ketones (excluding diaryl/α,β-unsaturated/α-hetero) is 1. The molecule has 0 heterocycles. The van der Waals surface area contributed by atoms with Gasteiger partial charge in [0.05, 0.1) is 0 Å². The maximum atomic E-state index is 12.4. The van der Waals surface area contributed by atoms with Gasteiger partial charge in [0, 0.05) is 12.2 Å². The molecule has 1 aromatic carbocycles. The third kappa shape index (κ3) is 2.95. The van der Waals surface area contributed by atoms with Crippen LogP contribution < -0.4 is 0 Å². The zero-order chi connectivity index (χ0) is 12.3. The lowest BCUT2D eigenvalue weighted by atomic mass is 10.00. The molecule has 0 aliphatic heterocycles. The highest BCUT2D eigenvalue weighted by molar-refractivity contribution is 6.00. The molecular weight excluding hydrogens is 212 g/mol. The number of carbonyl (C=O) groups excluding carboxylic acids is 1. The topological polar surface area (TPSA) is 26.3 Å². The van der Waals surface area contributed by atoms with Crippen LogP contribution in [0, 0.1) is 5.92 Å². The molecule has 0 amide bonds. The summed E-state index contributed by atoms with van der Waals surface area (Å²) in [6.07, 6.45) is 3.00. The number of hydrogen-bond acceptors (Lipinski definition) is 2. The van der Waals surface area contributed by atoms with Crippen LogP contribution in [0.25, 0.3) is 0 Å². The van der Waals surface area contributed by atoms with Gasteiger partial charge in [0.2, 0.25) is 0 Å². The lowest BCUT2D eigenvalue weighted by Crippen LogP contribution is -2.26. The van der Waals surface area contributed by atoms with Crippen molar-refractivity contribution in [1.82, 2.24) is 0 Å². The molecule has 1 fully saturated rings. The Bertz CT molecular complexity index is 394. The second-order valence-electron chi connectivity index (χ2n) is 4.63. The van der Waals surface area contributed by atoms with Crippen LogP contribution in [0.4, 0.5) is 0 Å². The number of benzene rings is 1. The highest BCUT2D eigenvalue weighted by atomic mass is 16.5. The van der Waals surface area contributed by atoms with Crippen molar-refractivity contribution in [3.63, 3.8) is 0 Å². The molecule has 2 nitrogen and oxygen atoms in total.